The second kappa shape index (κ2) is 4.74. The molecule has 0 saturated heterocycles. The molecule has 1 unspecified atom stereocenters. The van der Waals surface area contributed by atoms with E-state index < -0.39 is 23.0 Å². The van der Waals surface area contributed by atoms with Gasteiger partial charge in [0.1, 0.15) is 5.38 Å². The highest BCUT2D eigenvalue weighted by molar-refractivity contribution is 6.32. The van der Waals surface area contributed by atoms with E-state index in [4.69, 9.17) is 11.6 Å². The quantitative estimate of drug-likeness (QED) is 0.803. The summed E-state index contributed by atoms with van der Waals surface area (Å²) in [6.45, 7) is 1.44. The van der Waals surface area contributed by atoms with Gasteiger partial charge < -0.3 is 5.32 Å². The predicted octanol–water partition coefficient (Wildman–Crippen LogP) is 3.27. The fourth-order valence-electron chi connectivity index (χ4n) is 1.01. The number of carbonyl (C=O) groups is 1. The molecule has 88 valence electrons. The summed E-state index contributed by atoms with van der Waals surface area (Å²) in [4.78, 5) is 11.1. The van der Waals surface area contributed by atoms with Crippen molar-refractivity contribution < 1.29 is 18.0 Å². The number of alkyl halides is 4. The zero-order valence-electron chi connectivity index (χ0n) is 8.31. The van der Waals surface area contributed by atoms with Gasteiger partial charge in [-0.2, -0.15) is 13.2 Å². The molecule has 16 heavy (non-hydrogen) atoms. The van der Waals surface area contributed by atoms with Gasteiger partial charge in [-0.15, -0.1) is 11.6 Å². The van der Waals surface area contributed by atoms with E-state index in [0.29, 0.717) is 0 Å². The van der Waals surface area contributed by atoms with Gasteiger partial charge >= 0.3 is 6.18 Å². The van der Waals surface area contributed by atoms with E-state index >= 15 is 0 Å². The van der Waals surface area contributed by atoms with Gasteiger partial charge in [0.05, 0.1) is 5.56 Å². The second-order valence-electron chi connectivity index (χ2n) is 3.18. The highest BCUT2D eigenvalue weighted by Crippen LogP contribution is 2.30. The molecule has 0 spiro atoms. The Bertz CT molecular complexity index is 390. The zero-order chi connectivity index (χ0) is 12.3. The molecule has 1 aromatic carbocycles. The molecule has 0 heterocycles. The lowest BCUT2D eigenvalue weighted by atomic mass is 10.2. The molecule has 2 nitrogen and oxygen atoms in total. The molecule has 0 saturated carbocycles. The van der Waals surface area contributed by atoms with Crippen molar-refractivity contribution in [2.24, 2.45) is 0 Å². The molecule has 1 rings (SSSR count). The Balaban J connectivity index is 2.88. The van der Waals surface area contributed by atoms with Gasteiger partial charge in [-0.25, -0.2) is 0 Å². The minimum atomic E-state index is -4.42. The van der Waals surface area contributed by atoms with Crippen molar-refractivity contribution in [2.75, 3.05) is 5.32 Å². The first-order valence-electron chi connectivity index (χ1n) is 4.43. The highest BCUT2D eigenvalue weighted by Gasteiger charge is 2.30. The maximum Gasteiger partial charge on any atom is 0.416 e. The van der Waals surface area contributed by atoms with E-state index in [-0.39, 0.29) is 5.69 Å². The number of anilines is 1. The Morgan fingerprint density at radius 1 is 1.44 bits per heavy atom. The molecule has 0 aliphatic heterocycles. The van der Waals surface area contributed by atoms with Crippen LogP contribution < -0.4 is 5.32 Å². The van der Waals surface area contributed by atoms with Crippen molar-refractivity contribution in [3.05, 3.63) is 29.8 Å². The standard InChI is InChI=1S/C10H9ClF3NO/c1-6(11)9(16)15-8-4-2-3-7(5-8)10(12,13)14/h2-6H,1H3,(H,15,16). The topological polar surface area (TPSA) is 29.1 Å². The molecule has 0 fully saturated rings. The normalized spacial score (nSPS) is 13.3. The van der Waals surface area contributed by atoms with Crippen molar-refractivity contribution >= 4 is 23.2 Å². The molecular formula is C10H9ClF3NO. The van der Waals surface area contributed by atoms with E-state index in [0.717, 1.165) is 12.1 Å². The smallest absolute Gasteiger partial charge is 0.325 e. The zero-order valence-corrected chi connectivity index (χ0v) is 9.06. The average Bonchev–Trinajstić information content (AvgIpc) is 2.16. The van der Waals surface area contributed by atoms with E-state index in [1.165, 1.54) is 19.1 Å². The number of halogens is 4. The molecule has 1 N–H and O–H groups in total. The third kappa shape index (κ3) is 3.41. The monoisotopic (exact) mass is 251 g/mol. The van der Waals surface area contributed by atoms with Gasteiger partial charge in [-0.1, -0.05) is 6.07 Å². The number of hydrogen-bond acceptors (Lipinski definition) is 1. The van der Waals surface area contributed by atoms with Crippen LogP contribution in [0.3, 0.4) is 0 Å². The van der Waals surface area contributed by atoms with Crippen LogP contribution in [0.2, 0.25) is 0 Å². The summed E-state index contributed by atoms with van der Waals surface area (Å²) in [5.74, 6) is -0.541. The molecule has 1 amide bonds. The fourth-order valence-corrected chi connectivity index (χ4v) is 1.07. The Morgan fingerprint density at radius 3 is 2.56 bits per heavy atom. The number of amides is 1. The molecule has 1 atom stereocenters. The van der Waals surface area contributed by atoms with Gasteiger partial charge in [-0.05, 0) is 25.1 Å². The van der Waals surface area contributed by atoms with Crippen LogP contribution in [-0.2, 0) is 11.0 Å². The SMILES string of the molecule is CC(Cl)C(=O)Nc1cccc(C(F)(F)F)c1. The maximum absolute atomic E-state index is 12.3. The van der Waals surface area contributed by atoms with Crippen LogP contribution in [0.1, 0.15) is 12.5 Å². The van der Waals surface area contributed by atoms with Gasteiger partial charge in [-0.3, -0.25) is 4.79 Å². The van der Waals surface area contributed by atoms with E-state index in [2.05, 4.69) is 5.32 Å². The van der Waals surface area contributed by atoms with E-state index in [1.807, 2.05) is 0 Å². The number of carbonyl (C=O) groups excluding carboxylic acids is 1. The van der Waals surface area contributed by atoms with Crippen LogP contribution in [-0.4, -0.2) is 11.3 Å². The minimum Gasteiger partial charge on any atom is -0.325 e. The fraction of sp³-hybridized carbons (Fsp3) is 0.300. The lowest BCUT2D eigenvalue weighted by molar-refractivity contribution is -0.137. The summed E-state index contributed by atoms with van der Waals surface area (Å²) >= 11 is 5.47. The number of benzene rings is 1. The van der Waals surface area contributed by atoms with E-state index in [9.17, 15) is 18.0 Å². The number of nitrogens with one attached hydrogen (secondary N) is 1. The summed E-state index contributed by atoms with van der Waals surface area (Å²) in [5.41, 5.74) is -0.736. The Labute approximate surface area is 95.4 Å². The molecule has 0 aliphatic rings. The van der Waals surface area contributed by atoms with E-state index in [1.54, 1.807) is 0 Å². The minimum absolute atomic E-state index is 0.0762. The molecule has 0 aliphatic carbocycles. The predicted molar refractivity (Wildman–Crippen MR) is 55.4 cm³/mol. The largest absolute Gasteiger partial charge is 0.416 e. The van der Waals surface area contributed by atoms with Crippen LogP contribution >= 0.6 is 11.6 Å². The highest BCUT2D eigenvalue weighted by atomic mass is 35.5. The third-order valence-corrected chi connectivity index (χ3v) is 2.02. The number of hydrogen-bond donors (Lipinski definition) is 1. The first-order chi connectivity index (χ1) is 7.30. The Morgan fingerprint density at radius 2 is 2.06 bits per heavy atom. The molecular weight excluding hydrogens is 243 g/mol. The van der Waals surface area contributed by atoms with Gasteiger partial charge in [0.25, 0.3) is 0 Å². The van der Waals surface area contributed by atoms with Crippen LogP contribution in [0.15, 0.2) is 24.3 Å². The van der Waals surface area contributed by atoms with Crippen LogP contribution in [0.5, 0.6) is 0 Å². The first kappa shape index (κ1) is 12.8. The van der Waals surface area contributed by atoms with Crippen LogP contribution in [0.4, 0.5) is 18.9 Å². The van der Waals surface area contributed by atoms with Gasteiger partial charge in [0, 0.05) is 5.69 Å². The number of rotatable bonds is 2. The Hall–Kier alpha value is -1.23. The van der Waals surface area contributed by atoms with Crippen LogP contribution in [0, 0.1) is 0 Å². The molecule has 0 radical (unpaired) electrons. The van der Waals surface area contributed by atoms with Crippen molar-refractivity contribution in [2.45, 2.75) is 18.5 Å². The molecule has 1 aromatic rings. The second-order valence-corrected chi connectivity index (χ2v) is 3.84. The lowest BCUT2D eigenvalue weighted by Crippen LogP contribution is -2.20. The van der Waals surface area contributed by atoms with Gasteiger partial charge in [0.15, 0.2) is 0 Å². The summed E-state index contributed by atoms with van der Waals surface area (Å²) in [6, 6.07) is 4.38. The third-order valence-electron chi connectivity index (χ3n) is 1.82. The van der Waals surface area contributed by atoms with Crippen LogP contribution in [0.25, 0.3) is 0 Å². The van der Waals surface area contributed by atoms with Crippen molar-refractivity contribution in [1.82, 2.24) is 0 Å². The first-order valence-corrected chi connectivity index (χ1v) is 4.86. The van der Waals surface area contributed by atoms with Gasteiger partial charge in [0.2, 0.25) is 5.91 Å². The summed E-state index contributed by atoms with van der Waals surface area (Å²) in [7, 11) is 0. The summed E-state index contributed by atoms with van der Waals surface area (Å²) in [5, 5.41) is 1.49. The molecule has 6 heteroatoms. The lowest BCUT2D eigenvalue weighted by Gasteiger charge is -2.10. The summed E-state index contributed by atoms with van der Waals surface area (Å²) in [6.07, 6.45) is -4.42. The Kier molecular flexibility index (Phi) is 3.80. The van der Waals surface area contributed by atoms with Crippen molar-refractivity contribution in [1.29, 1.82) is 0 Å². The van der Waals surface area contributed by atoms with Crippen molar-refractivity contribution in [3.63, 3.8) is 0 Å². The molecule has 0 bridgehead atoms. The average molecular weight is 252 g/mol. The summed E-state index contributed by atoms with van der Waals surface area (Å²) < 4.78 is 37.0. The molecule has 0 aromatic heterocycles. The van der Waals surface area contributed by atoms with Crippen molar-refractivity contribution in [3.8, 4) is 0 Å². The maximum atomic E-state index is 12.3.